The molecule has 0 spiro atoms. The van der Waals surface area contributed by atoms with Gasteiger partial charge in [0.2, 0.25) is 0 Å². The molecule has 0 amide bonds. The van der Waals surface area contributed by atoms with Gasteiger partial charge in [0.05, 0.1) is 0 Å². The third-order valence-corrected chi connectivity index (χ3v) is 1.84. The van der Waals surface area contributed by atoms with Crippen LogP contribution in [0.5, 0.6) is 0 Å². The smallest absolute Gasteiger partial charge is 0.106 e. The van der Waals surface area contributed by atoms with E-state index >= 15 is 0 Å². The van der Waals surface area contributed by atoms with Crippen LogP contribution in [0.15, 0.2) is 0 Å². The van der Waals surface area contributed by atoms with E-state index in [-0.39, 0.29) is 5.60 Å². The number of rotatable bonds is 0. The standard InChI is InChI=1S/C5H9NO/c1-5-3-6-2-4(5)7-5/h4,6H,2-3H2,1H3. The lowest BCUT2D eigenvalue weighted by Gasteiger charge is -1.95. The number of epoxide rings is 1. The fraction of sp³-hybridized carbons (Fsp3) is 1.00. The van der Waals surface area contributed by atoms with Gasteiger partial charge in [-0.3, -0.25) is 0 Å². The van der Waals surface area contributed by atoms with Crippen molar-refractivity contribution in [1.82, 2.24) is 5.32 Å². The van der Waals surface area contributed by atoms with Gasteiger partial charge in [0.1, 0.15) is 11.7 Å². The van der Waals surface area contributed by atoms with Gasteiger partial charge in [-0.15, -0.1) is 0 Å². The Morgan fingerprint density at radius 2 is 2.71 bits per heavy atom. The Labute approximate surface area is 42.9 Å². The van der Waals surface area contributed by atoms with E-state index in [1.807, 2.05) is 0 Å². The first-order chi connectivity index (χ1) is 3.31. The van der Waals surface area contributed by atoms with Gasteiger partial charge in [0, 0.05) is 13.1 Å². The van der Waals surface area contributed by atoms with Crippen molar-refractivity contribution in [2.75, 3.05) is 13.1 Å². The van der Waals surface area contributed by atoms with Crippen LogP contribution in [0, 0.1) is 0 Å². The highest BCUT2D eigenvalue weighted by Crippen LogP contribution is 2.38. The van der Waals surface area contributed by atoms with Crippen molar-refractivity contribution in [3.8, 4) is 0 Å². The number of nitrogens with one attached hydrogen (secondary N) is 1. The Balaban J connectivity index is 2.17. The van der Waals surface area contributed by atoms with Crippen molar-refractivity contribution in [2.24, 2.45) is 0 Å². The summed E-state index contributed by atoms with van der Waals surface area (Å²) in [5.41, 5.74) is 0.250. The van der Waals surface area contributed by atoms with Gasteiger partial charge < -0.3 is 10.1 Å². The minimum Gasteiger partial charge on any atom is -0.364 e. The van der Waals surface area contributed by atoms with Crippen LogP contribution >= 0.6 is 0 Å². The van der Waals surface area contributed by atoms with Crippen LogP contribution in [0.25, 0.3) is 0 Å². The molecular formula is C5H9NO. The SMILES string of the molecule is CC12CNCC1O2. The van der Waals surface area contributed by atoms with E-state index in [0.29, 0.717) is 6.10 Å². The average molecular weight is 99.1 g/mol. The van der Waals surface area contributed by atoms with Crippen LogP contribution < -0.4 is 5.32 Å². The van der Waals surface area contributed by atoms with E-state index in [4.69, 9.17) is 4.74 Å². The molecule has 2 aliphatic rings. The first-order valence-corrected chi connectivity index (χ1v) is 2.70. The molecule has 40 valence electrons. The van der Waals surface area contributed by atoms with Crippen molar-refractivity contribution >= 4 is 0 Å². The predicted molar refractivity (Wildman–Crippen MR) is 26.1 cm³/mol. The van der Waals surface area contributed by atoms with Crippen LogP contribution in [0.2, 0.25) is 0 Å². The lowest BCUT2D eigenvalue weighted by Crippen LogP contribution is -2.18. The molecule has 0 aromatic carbocycles. The normalized spacial score (nSPS) is 57.0. The minimum absolute atomic E-state index is 0.250. The van der Waals surface area contributed by atoms with Crippen LogP contribution in [0.3, 0.4) is 0 Å². The number of fused-ring (bicyclic) bond motifs is 1. The maximum atomic E-state index is 5.28. The molecule has 2 fully saturated rings. The summed E-state index contributed by atoms with van der Waals surface area (Å²) in [6.45, 7) is 4.27. The first-order valence-electron chi connectivity index (χ1n) is 2.70. The molecule has 2 rings (SSSR count). The molecule has 0 bridgehead atoms. The number of hydrogen-bond donors (Lipinski definition) is 1. The van der Waals surface area contributed by atoms with Crippen molar-refractivity contribution in [3.05, 3.63) is 0 Å². The van der Waals surface area contributed by atoms with Gasteiger partial charge in [0.15, 0.2) is 0 Å². The third-order valence-electron chi connectivity index (χ3n) is 1.84. The third kappa shape index (κ3) is 0.359. The van der Waals surface area contributed by atoms with Gasteiger partial charge >= 0.3 is 0 Å². The Hall–Kier alpha value is -0.0800. The molecule has 0 aromatic rings. The zero-order valence-electron chi connectivity index (χ0n) is 4.40. The Morgan fingerprint density at radius 3 is 2.86 bits per heavy atom. The zero-order valence-corrected chi connectivity index (χ0v) is 4.40. The molecule has 2 heterocycles. The summed E-state index contributed by atoms with van der Waals surface area (Å²) in [7, 11) is 0. The molecule has 0 aromatic heterocycles. The summed E-state index contributed by atoms with van der Waals surface area (Å²) in [4.78, 5) is 0. The van der Waals surface area contributed by atoms with Gasteiger partial charge in [-0.25, -0.2) is 0 Å². The van der Waals surface area contributed by atoms with E-state index in [2.05, 4.69) is 12.2 Å². The summed E-state index contributed by atoms with van der Waals surface area (Å²) < 4.78 is 5.28. The molecule has 2 saturated heterocycles. The Morgan fingerprint density at radius 1 is 1.86 bits per heavy atom. The molecule has 7 heavy (non-hydrogen) atoms. The topological polar surface area (TPSA) is 24.6 Å². The largest absolute Gasteiger partial charge is 0.364 e. The number of ether oxygens (including phenoxy) is 1. The zero-order chi connectivity index (χ0) is 4.91. The van der Waals surface area contributed by atoms with Gasteiger partial charge in [0.25, 0.3) is 0 Å². The van der Waals surface area contributed by atoms with E-state index in [0.717, 1.165) is 13.1 Å². The quantitative estimate of drug-likeness (QED) is 0.423. The van der Waals surface area contributed by atoms with Crippen molar-refractivity contribution < 1.29 is 4.74 Å². The lowest BCUT2D eigenvalue weighted by molar-refractivity contribution is 0.276. The second kappa shape index (κ2) is 0.858. The number of hydrogen-bond acceptors (Lipinski definition) is 2. The van der Waals surface area contributed by atoms with Gasteiger partial charge in [-0.2, -0.15) is 0 Å². The summed E-state index contributed by atoms with van der Waals surface area (Å²) in [5, 5.41) is 3.24. The fourth-order valence-corrected chi connectivity index (χ4v) is 1.16. The second-order valence-electron chi connectivity index (χ2n) is 2.55. The first kappa shape index (κ1) is 3.87. The predicted octanol–water partition coefficient (Wildman–Crippen LogP) is -0.253. The maximum Gasteiger partial charge on any atom is 0.106 e. The molecule has 1 N–H and O–H groups in total. The van der Waals surface area contributed by atoms with Gasteiger partial charge in [-0.1, -0.05) is 0 Å². The highest BCUT2D eigenvalue weighted by atomic mass is 16.6. The second-order valence-corrected chi connectivity index (χ2v) is 2.55. The van der Waals surface area contributed by atoms with Crippen LogP contribution in [-0.4, -0.2) is 24.8 Å². The molecular weight excluding hydrogens is 90.1 g/mol. The summed E-state index contributed by atoms with van der Waals surface area (Å²) >= 11 is 0. The average Bonchev–Trinajstić information content (AvgIpc) is 2.09. The van der Waals surface area contributed by atoms with Crippen molar-refractivity contribution in [3.63, 3.8) is 0 Å². The molecule has 2 nitrogen and oxygen atoms in total. The summed E-state index contributed by atoms with van der Waals surface area (Å²) in [5.74, 6) is 0. The van der Waals surface area contributed by atoms with Gasteiger partial charge in [-0.05, 0) is 6.92 Å². The summed E-state index contributed by atoms with van der Waals surface area (Å²) in [6, 6.07) is 0. The Kier molecular flexibility index (Phi) is 0.474. The minimum atomic E-state index is 0.250. The van der Waals surface area contributed by atoms with Crippen LogP contribution in [0.1, 0.15) is 6.92 Å². The Bertz CT molecular complexity index is 102. The maximum absolute atomic E-state index is 5.28. The molecule has 2 heteroatoms. The summed E-state index contributed by atoms with van der Waals surface area (Å²) in [6.07, 6.45) is 0.549. The van der Waals surface area contributed by atoms with Crippen molar-refractivity contribution in [1.29, 1.82) is 0 Å². The molecule has 0 saturated carbocycles. The van der Waals surface area contributed by atoms with Crippen LogP contribution in [-0.2, 0) is 4.74 Å². The molecule has 0 radical (unpaired) electrons. The molecule has 2 atom stereocenters. The van der Waals surface area contributed by atoms with E-state index in [1.165, 1.54) is 0 Å². The molecule has 2 aliphatic heterocycles. The molecule has 2 unspecified atom stereocenters. The monoisotopic (exact) mass is 99.1 g/mol. The fourth-order valence-electron chi connectivity index (χ4n) is 1.16. The number of morpholine rings is 1. The van der Waals surface area contributed by atoms with E-state index in [1.54, 1.807) is 0 Å². The van der Waals surface area contributed by atoms with Crippen LogP contribution in [0.4, 0.5) is 0 Å². The highest BCUT2D eigenvalue weighted by Gasteiger charge is 2.55. The molecule has 0 aliphatic carbocycles. The lowest BCUT2D eigenvalue weighted by atomic mass is 10.2. The van der Waals surface area contributed by atoms with E-state index < -0.39 is 0 Å². The van der Waals surface area contributed by atoms with E-state index in [9.17, 15) is 0 Å². The van der Waals surface area contributed by atoms with Crippen molar-refractivity contribution in [2.45, 2.75) is 18.6 Å². The highest BCUT2D eigenvalue weighted by molar-refractivity contribution is 5.06.